The third-order valence-electron chi connectivity index (χ3n) is 3.56. The van der Waals surface area contributed by atoms with Gasteiger partial charge in [0.25, 0.3) is 0 Å². The molecule has 3 heteroatoms. The molecule has 1 aromatic rings. The number of aromatic nitrogens is 1. The standard InChI is InChI=1S/C12H20N2S/c1-10-3-5-12(2,6-4-10)14-7-11-8-15-9-13-11/h8-10,14H,3-7H2,1-2H3. The topological polar surface area (TPSA) is 24.9 Å². The third-order valence-corrected chi connectivity index (χ3v) is 4.19. The summed E-state index contributed by atoms with van der Waals surface area (Å²) in [6, 6.07) is 0. The van der Waals surface area contributed by atoms with Crippen LogP contribution >= 0.6 is 11.3 Å². The van der Waals surface area contributed by atoms with E-state index in [9.17, 15) is 0 Å². The Morgan fingerprint density at radius 2 is 2.27 bits per heavy atom. The molecule has 1 saturated carbocycles. The van der Waals surface area contributed by atoms with E-state index in [2.05, 4.69) is 29.5 Å². The third kappa shape index (κ3) is 3.02. The van der Waals surface area contributed by atoms with Gasteiger partial charge in [-0.25, -0.2) is 4.98 Å². The molecule has 0 unspecified atom stereocenters. The monoisotopic (exact) mass is 224 g/mol. The van der Waals surface area contributed by atoms with Gasteiger partial charge in [0.2, 0.25) is 0 Å². The minimum atomic E-state index is 0.343. The van der Waals surface area contributed by atoms with Crippen LogP contribution in [0.25, 0.3) is 0 Å². The molecule has 1 N–H and O–H groups in total. The SMILES string of the molecule is CC1CCC(C)(NCc2cscn2)CC1. The van der Waals surface area contributed by atoms with E-state index in [1.54, 1.807) is 11.3 Å². The summed E-state index contributed by atoms with van der Waals surface area (Å²) in [6.07, 6.45) is 5.33. The fourth-order valence-corrected chi connectivity index (χ4v) is 2.76. The first kappa shape index (κ1) is 11.1. The molecule has 1 aliphatic rings. The highest BCUT2D eigenvalue weighted by molar-refractivity contribution is 7.07. The van der Waals surface area contributed by atoms with Gasteiger partial charge in [-0.1, -0.05) is 6.92 Å². The number of hydrogen-bond acceptors (Lipinski definition) is 3. The minimum Gasteiger partial charge on any atom is -0.306 e. The Kier molecular flexibility index (Phi) is 3.42. The predicted octanol–water partition coefficient (Wildman–Crippen LogP) is 3.20. The van der Waals surface area contributed by atoms with Crippen LogP contribution in [0, 0.1) is 5.92 Å². The second-order valence-corrected chi connectivity index (χ2v) is 5.80. The second-order valence-electron chi connectivity index (χ2n) is 5.08. The molecule has 2 rings (SSSR count). The fraction of sp³-hybridized carbons (Fsp3) is 0.750. The summed E-state index contributed by atoms with van der Waals surface area (Å²) >= 11 is 1.67. The number of hydrogen-bond donors (Lipinski definition) is 1. The van der Waals surface area contributed by atoms with Gasteiger partial charge in [0.1, 0.15) is 0 Å². The van der Waals surface area contributed by atoms with Gasteiger partial charge in [-0.3, -0.25) is 0 Å². The summed E-state index contributed by atoms with van der Waals surface area (Å²) in [5.74, 6) is 0.916. The summed E-state index contributed by atoms with van der Waals surface area (Å²) in [5, 5.41) is 5.79. The highest BCUT2D eigenvalue weighted by atomic mass is 32.1. The van der Waals surface area contributed by atoms with Crippen LogP contribution in [-0.4, -0.2) is 10.5 Å². The summed E-state index contributed by atoms with van der Waals surface area (Å²) in [7, 11) is 0. The normalized spacial score (nSPS) is 31.7. The van der Waals surface area contributed by atoms with Crippen molar-refractivity contribution in [1.82, 2.24) is 10.3 Å². The summed E-state index contributed by atoms with van der Waals surface area (Å²) in [4.78, 5) is 4.30. The van der Waals surface area contributed by atoms with Gasteiger partial charge in [0.05, 0.1) is 11.2 Å². The first-order valence-electron chi connectivity index (χ1n) is 5.80. The van der Waals surface area contributed by atoms with E-state index in [1.165, 1.54) is 31.4 Å². The van der Waals surface area contributed by atoms with Crippen molar-refractivity contribution in [3.05, 3.63) is 16.6 Å². The van der Waals surface area contributed by atoms with Crippen molar-refractivity contribution >= 4 is 11.3 Å². The maximum Gasteiger partial charge on any atom is 0.0795 e. The largest absolute Gasteiger partial charge is 0.306 e. The van der Waals surface area contributed by atoms with E-state index in [0.29, 0.717) is 5.54 Å². The van der Waals surface area contributed by atoms with Gasteiger partial charge < -0.3 is 5.32 Å². The lowest BCUT2D eigenvalue weighted by molar-refractivity contribution is 0.212. The van der Waals surface area contributed by atoms with Gasteiger partial charge in [-0.2, -0.15) is 0 Å². The zero-order valence-corrected chi connectivity index (χ0v) is 10.4. The molecule has 0 aliphatic heterocycles. The van der Waals surface area contributed by atoms with Crippen molar-refractivity contribution in [2.75, 3.05) is 0 Å². The lowest BCUT2D eigenvalue weighted by Gasteiger charge is -2.37. The van der Waals surface area contributed by atoms with Crippen LogP contribution in [0.15, 0.2) is 10.9 Å². The average molecular weight is 224 g/mol. The van der Waals surface area contributed by atoms with Crippen molar-refractivity contribution in [2.24, 2.45) is 5.92 Å². The summed E-state index contributed by atoms with van der Waals surface area (Å²) in [5.41, 5.74) is 3.43. The maximum atomic E-state index is 4.30. The molecule has 1 fully saturated rings. The lowest BCUT2D eigenvalue weighted by Crippen LogP contribution is -2.44. The first-order valence-corrected chi connectivity index (χ1v) is 6.74. The van der Waals surface area contributed by atoms with Crippen LogP contribution in [-0.2, 0) is 6.54 Å². The zero-order chi connectivity index (χ0) is 10.7. The maximum absolute atomic E-state index is 4.30. The molecule has 0 amide bonds. The molecule has 15 heavy (non-hydrogen) atoms. The molecule has 0 radical (unpaired) electrons. The highest BCUT2D eigenvalue weighted by Crippen LogP contribution is 2.31. The van der Waals surface area contributed by atoms with Crippen LogP contribution in [0.5, 0.6) is 0 Å². The Hall–Kier alpha value is -0.410. The Morgan fingerprint density at radius 3 is 2.87 bits per heavy atom. The molecule has 1 aliphatic carbocycles. The van der Waals surface area contributed by atoms with E-state index in [-0.39, 0.29) is 0 Å². The van der Waals surface area contributed by atoms with Gasteiger partial charge in [0.15, 0.2) is 0 Å². The van der Waals surface area contributed by atoms with E-state index in [1.807, 2.05) is 5.51 Å². The van der Waals surface area contributed by atoms with Gasteiger partial charge >= 0.3 is 0 Å². The van der Waals surface area contributed by atoms with Crippen molar-refractivity contribution in [1.29, 1.82) is 0 Å². The Morgan fingerprint density at radius 1 is 1.53 bits per heavy atom. The van der Waals surface area contributed by atoms with E-state index in [0.717, 1.165) is 12.5 Å². The molecule has 84 valence electrons. The molecular formula is C12H20N2S. The predicted molar refractivity (Wildman–Crippen MR) is 65.0 cm³/mol. The molecule has 0 bridgehead atoms. The molecule has 0 saturated heterocycles. The van der Waals surface area contributed by atoms with Crippen molar-refractivity contribution in [2.45, 2.75) is 51.6 Å². The van der Waals surface area contributed by atoms with E-state index in [4.69, 9.17) is 0 Å². The Balaban J connectivity index is 1.83. The summed E-state index contributed by atoms with van der Waals surface area (Å²) < 4.78 is 0. The van der Waals surface area contributed by atoms with Gasteiger partial charge in [-0.05, 0) is 38.5 Å². The Bertz CT molecular complexity index is 287. The summed E-state index contributed by atoms with van der Waals surface area (Å²) in [6.45, 7) is 5.64. The molecule has 1 heterocycles. The van der Waals surface area contributed by atoms with Crippen molar-refractivity contribution in [3.8, 4) is 0 Å². The second kappa shape index (κ2) is 4.62. The van der Waals surface area contributed by atoms with Crippen molar-refractivity contribution < 1.29 is 0 Å². The average Bonchev–Trinajstić information content (AvgIpc) is 2.73. The molecule has 0 atom stereocenters. The minimum absolute atomic E-state index is 0.343. The molecule has 1 aromatic heterocycles. The van der Waals surface area contributed by atoms with Crippen LogP contribution in [0.3, 0.4) is 0 Å². The quantitative estimate of drug-likeness (QED) is 0.853. The van der Waals surface area contributed by atoms with E-state index < -0.39 is 0 Å². The van der Waals surface area contributed by atoms with Gasteiger partial charge in [0, 0.05) is 17.5 Å². The zero-order valence-electron chi connectivity index (χ0n) is 9.62. The highest BCUT2D eigenvalue weighted by Gasteiger charge is 2.28. The van der Waals surface area contributed by atoms with Crippen LogP contribution in [0.1, 0.15) is 45.2 Å². The molecular weight excluding hydrogens is 204 g/mol. The number of rotatable bonds is 3. The number of thiazole rings is 1. The first-order chi connectivity index (χ1) is 7.18. The number of nitrogens with zero attached hydrogens (tertiary/aromatic N) is 1. The molecule has 2 nitrogen and oxygen atoms in total. The van der Waals surface area contributed by atoms with Crippen molar-refractivity contribution in [3.63, 3.8) is 0 Å². The van der Waals surface area contributed by atoms with Crippen LogP contribution < -0.4 is 5.32 Å². The van der Waals surface area contributed by atoms with Crippen LogP contribution in [0.4, 0.5) is 0 Å². The molecule has 0 spiro atoms. The van der Waals surface area contributed by atoms with E-state index >= 15 is 0 Å². The Labute approximate surface area is 96.1 Å². The van der Waals surface area contributed by atoms with Crippen LogP contribution in [0.2, 0.25) is 0 Å². The lowest BCUT2D eigenvalue weighted by atomic mass is 9.78. The smallest absolute Gasteiger partial charge is 0.0795 e. The number of nitrogens with one attached hydrogen (secondary N) is 1. The van der Waals surface area contributed by atoms with Gasteiger partial charge in [-0.15, -0.1) is 11.3 Å². The molecule has 0 aromatic carbocycles. The fourth-order valence-electron chi connectivity index (χ4n) is 2.20.